The molecule has 1 aromatic rings. The quantitative estimate of drug-likeness (QED) is 0.382. The Bertz CT molecular complexity index is 899. The number of anilines is 1. The first kappa shape index (κ1) is 21.3. The van der Waals surface area contributed by atoms with E-state index in [2.05, 4.69) is 21.2 Å². The molecule has 3 atom stereocenters. The Morgan fingerprint density at radius 3 is 2.73 bits per heavy atom. The zero-order chi connectivity index (χ0) is 21.8. The normalized spacial score (nSPS) is 21.0. The van der Waals surface area contributed by atoms with Crippen molar-refractivity contribution in [1.29, 1.82) is 0 Å². The first-order valence-electron chi connectivity index (χ1n) is 9.91. The molecule has 1 aromatic carbocycles. The predicted octanol–water partition coefficient (Wildman–Crippen LogP) is -0.0559. The zero-order valence-corrected chi connectivity index (χ0v) is 17.0. The Hall–Kier alpha value is -3.43. The lowest BCUT2D eigenvalue weighted by atomic mass is 10.0. The Morgan fingerprint density at radius 2 is 2.07 bits per heavy atom. The second-order valence-electron chi connectivity index (χ2n) is 7.42. The third-order valence-electron chi connectivity index (χ3n) is 5.28. The fourth-order valence-electron chi connectivity index (χ4n) is 3.93. The Balaban J connectivity index is 1.85. The molecule has 0 fully saturated rings. The Kier molecular flexibility index (Phi) is 6.34. The molecule has 2 aliphatic heterocycles. The summed E-state index contributed by atoms with van der Waals surface area (Å²) in [4.78, 5) is 50.2. The molecule has 0 saturated carbocycles. The molecular weight excluding hydrogens is 388 g/mol. The zero-order valence-electron chi connectivity index (χ0n) is 17.0. The summed E-state index contributed by atoms with van der Waals surface area (Å²) in [6.45, 7) is 3.23. The molecule has 2 aliphatic rings. The number of carbonyl (C=O) groups is 4. The molecule has 0 bridgehead atoms. The number of aryl methyl sites for hydroxylation is 1. The van der Waals surface area contributed by atoms with Gasteiger partial charge in [0.1, 0.15) is 12.1 Å². The van der Waals surface area contributed by atoms with Gasteiger partial charge < -0.3 is 16.4 Å². The predicted molar refractivity (Wildman–Crippen MR) is 111 cm³/mol. The average Bonchev–Trinajstić information content (AvgIpc) is 3.03. The van der Waals surface area contributed by atoms with E-state index in [0.717, 1.165) is 16.8 Å². The molecule has 0 aromatic heterocycles. The van der Waals surface area contributed by atoms with Crippen molar-refractivity contribution in [3.05, 3.63) is 29.3 Å². The van der Waals surface area contributed by atoms with Crippen LogP contribution >= 0.6 is 0 Å². The van der Waals surface area contributed by atoms with Crippen LogP contribution in [0.3, 0.4) is 0 Å². The van der Waals surface area contributed by atoms with Crippen LogP contribution in [0.15, 0.2) is 23.3 Å². The highest BCUT2D eigenvalue weighted by Gasteiger charge is 2.43. The standard InChI is InChI=1S/C20H26N6O4/c1-3-14(10-22-25-20(21)30)24-18(28)16-9-13-6-4-5-12-7-8-15(23-11(2)27)19(29)26(16)17(12)13/h4-6,10,14-16H,3,7-9H2,1-2H3,(H,23,27)(H,24,28)(H3,21,25,30)/b22-10+/t14-,15-,16-/m0/s1. The molecule has 0 aliphatic carbocycles. The summed E-state index contributed by atoms with van der Waals surface area (Å²) in [5.41, 5.74) is 9.77. The lowest BCUT2D eigenvalue weighted by molar-refractivity contribution is -0.129. The molecule has 2 heterocycles. The Labute approximate surface area is 174 Å². The highest BCUT2D eigenvalue weighted by Crippen LogP contribution is 2.39. The summed E-state index contributed by atoms with van der Waals surface area (Å²) in [6, 6.07) is 3.14. The van der Waals surface area contributed by atoms with Crippen molar-refractivity contribution in [2.24, 2.45) is 10.8 Å². The van der Waals surface area contributed by atoms with Gasteiger partial charge in [-0.25, -0.2) is 10.2 Å². The van der Waals surface area contributed by atoms with Gasteiger partial charge in [0.2, 0.25) is 17.7 Å². The van der Waals surface area contributed by atoms with Gasteiger partial charge in [-0.05, 0) is 30.4 Å². The van der Waals surface area contributed by atoms with E-state index in [0.29, 0.717) is 25.7 Å². The minimum atomic E-state index is -0.801. The van der Waals surface area contributed by atoms with Crippen LogP contribution in [0.4, 0.5) is 10.5 Å². The van der Waals surface area contributed by atoms with E-state index in [1.54, 1.807) is 0 Å². The minimum absolute atomic E-state index is 0.286. The van der Waals surface area contributed by atoms with E-state index in [4.69, 9.17) is 5.73 Å². The Morgan fingerprint density at radius 1 is 1.33 bits per heavy atom. The molecule has 10 nitrogen and oxygen atoms in total. The highest BCUT2D eigenvalue weighted by molar-refractivity contribution is 6.08. The van der Waals surface area contributed by atoms with Crippen LogP contribution in [0.5, 0.6) is 0 Å². The number of hydrazone groups is 1. The second-order valence-corrected chi connectivity index (χ2v) is 7.42. The van der Waals surface area contributed by atoms with E-state index in [9.17, 15) is 19.2 Å². The van der Waals surface area contributed by atoms with Crippen molar-refractivity contribution in [1.82, 2.24) is 16.1 Å². The summed E-state index contributed by atoms with van der Waals surface area (Å²) < 4.78 is 0. The first-order chi connectivity index (χ1) is 14.3. The van der Waals surface area contributed by atoms with Crippen molar-refractivity contribution >= 4 is 35.7 Å². The van der Waals surface area contributed by atoms with Crippen LogP contribution in [0, 0.1) is 0 Å². The summed E-state index contributed by atoms with van der Waals surface area (Å²) in [5, 5.41) is 9.28. The molecule has 0 saturated heterocycles. The number of nitrogens with two attached hydrogens (primary N) is 1. The number of benzene rings is 1. The maximum absolute atomic E-state index is 13.3. The summed E-state index contributed by atoms with van der Waals surface area (Å²) >= 11 is 0. The van der Waals surface area contributed by atoms with E-state index in [1.165, 1.54) is 18.0 Å². The van der Waals surface area contributed by atoms with Gasteiger partial charge in [-0.3, -0.25) is 19.3 Å². The number of amides is 5. The van der Waals surface area contributed by atoms with Crippen LogP contribution in [-0.2, 0) is 27.2 Å². The molecule has 5 amide bonds. The minimum Gasteiger partial charge on any atom is -0.350 e. The van der Waals surface area contributed by atoms with Gasteiger partial charge >= 0.3 is 6.03 Å². The third kappa shape index (κ3) is 4.42. The maximum Gasteiger partial charge on any atom is 0.332 e. The fraction of sp³-hybridized carbons (Fsp3) is 0.450. The smallest absolute Gasteiger partial charge is 0.332 e. The van der Waals surface area contributed by atoms with E-state index < -0.39 is 24.2 Å². The van der Waals surface area contributed by atoms with Crippen LogP contribution in [-0.4, -0.2) is 48.1 Å². The van der Waals surface area contributed by atoms with Gasteiger partial charge in [0.05, 0.1) is 11.7 Å². The molecule has 10 heteroatoms. The number of rotatable bonds is 6. The number of nitrogens with one attached hydrogen (secondary N) is 3. The van der Waals surface area contributed by atoms with Crippen molar-refractivity contribution in [3.8, 4) is 0 Å². The summed E-state index contributed by atoms with van der Waals surface area (Å²) in [6.07, 6.45) is 3.42. The third-order valence-corrected chi connectivity index (χ3v) is 5.28. The van der Waals surface area contributed by atoms with Gasteiger partial charge in [0.15, 0.2) is 0 Å². The number of hydrogen-bond acceptors (Lipinski definition) is 5. The van der Waals surface area contributed by atoms with Crippen LogP contribution in [0.25, 0.3) is 0 Å². The van der Waals surface area contributed by atoms with Gasteiger partial charge in [0, 0.05) is 19.6 Å². The van der Waals surface area contributed by atoms with Crippen LogP contribution < -0.4 is 26.7 Å². The second kappa shape index (κ2) is 8.93. The molecule has 0 radical (unpaired) electrons. The topological polar surface area (TPSA) is 146 Å². The monoisotopic (exact) mass is 414 g/mol. The number of hydrogen-bond donors (Lipinski definition) is 4. The summed E-state index contributed by atoms with van der Waals surface area (Å²) in [5.74, 6) is -0.901. The van der Waals surface area contributed by atoms with Gasteiger partial charge in [-0.2, -0.15) is 5.10 Å². The first-order valence-corrected chi connectivity index (χ1v) is 9.91. The number of primary amides is 1. The van der Waals surface area contributed by atoms with Crippen molar-refractivity contribution in [3.63, 3.8) is 0 Å². The SMILES string of the molecule is CC[C@@H](/C=N/NC(N)=O)NC(=O)[C@@H]1Cc2cccc3c2N1C(=O)[C@@H](NC(C)=O)CC3. The van der Waals surface area contributed by atoms with Gasteiger partial charge in [-0.15, -0.1) is 0 Å². The van der Waals surface area contributed by atoms with Crippen LogP contribution in [0.1, 0.15) is 37.8 Å². The number of nitrogens with zero attached hydrogens (tertiary/aromatic N) is 2. The molecule has 0 unspecified atom stereocenters. The molecule has 160 valence electrons. The van der Waals surface area contributed by atoms with Crippen molar-refractivity contribution < 1.29 is 19.2 Å². The lowest BCUT2D eigenvalue weighted by Gasteiger charge is -2.28. The molecule has 30 heavy (non-hydrogen) atoms. The van der Waals surface area contributed by atoms with E-state index in [-0.39, 0.29) is 17.7 Å². The number of carbonyl (C=O) groups excluding carboxylic acids is 4. The molecule has 5 N–H and O–H groups in total. The van der Waals surface area contributed by atoms with Crippen LogP contribution in [0.2, 0.25) is 0 Å². The lowest BCUT2D eigenvalue weighted by Crippen LogP contribution is -2.55. The fourth-order valence-corrected chi connectivity index (χ4v) is 3.93. The van der Waals surface area contributed by atoms with Gasteiger partial charge in [-0.1, -0.05) is 25.1 Å². The average molecular weight is 414 g/mol. The molecule has 0 spiro atoms. The highest BCUT2D eigenvalue weighted by atomic mass is 16.2. The number of para-hydroxylation sites is 1. The van der Waals surface area contributed by atoms with Crippen molar-refractivity contribution in [2.45, 2.75) is 57.7 Å². The molecule has 3 rings (SSSR count). The maximum atomic E-state index is 13.3. The largest absolute Gasteiger partial charge is 0.350 e. The summed E-state index contributed by atoms with van der Waals surface area (Å²) in [7, 11) is 0. The molecular formula is C20H26N6O4. The van der Waals surface area contributed by atoms with E-state index in [1.807, 2.05) is 25.1 Å². The number of urea groups is 1. The van der Waals surface area contributed by atoms with Crippen molar-refractivity contribution in [2.75, 3.05) is 4.90 Å². The van der Waals surface area contributed by atoms with E-state index >= 15 is 0 Å². The van der Waals surface area contributed by atoms with Gasteiger partial charge in [0.25, 0.3) is 0 Å².